The van der Waals surface area contributed by atoms with E-state index in [2.05, 4.69) is 25.9 Å². The van der Waals surface area contributed by atoms with Crippen molar-refractivity contribution in [3.05, 3.63) is 81.9 Å². The number of aromatic carboxylic acids is 1. The summed E-state index contributed by atoms with van der Waals surface area (Å²) in [7, 11) is 1.63. The van der Waals surface area contributed by atoms with Crippen LogP contribution in [0.4, 0.5) is 22.9 Å². The predicted octanol–water partition coefficient (Wildman–Crippen LogP) is 6.50. The molecule has 0 bridgehead atoms. The first kappa shape index (κ1) is 32.1. The average molecular weight is 631 g/mol. The summed E-state index contributed by atoms with van der Waals surface area (Å²) in [6.45, 7) is 4.96. The van der Waals surface area contributed by atoms with Gasteiger partial charge in [0, 0.05) is 29.9 Å². The van der Waals surface area contributed by atoms with Crippen molar-refractivity contribution in [2.75, 3.05) is 62.6 Å². The molecule has 0 unspecified atom stereocenters. The number of methoxy groups -OCH3 is 1. The van der Waals surface area contributed by atoms with Gasteiger partial charge in [0.2, 0.25) is 5.89 Å². The topological polar surface area (TPSA) is 140 Å². The van der Waals surface area contributed by atoms with Crippen LogP contribution in [0, 0.1) is 6.92 Å². The molecule has 0 radical (unpaired) electrons. The van der Waals surface area contributed by atoms with E-state index in [1.54, 1.807) is 49.7 Å². The SMILES string of the molecule is COCCOCCOCCNc1cc(C)nc(Nc2ccccc2C(=O)O)c1NCc1ncc(-c2cc(Cl)ccc2Cl)o1. The van der Waals surface area contributed by atoms with Gasteiger partial charge in [-0.25, -0.2) is 14.8 Å². The van der Waals surface area contributed by atoms with E-state index in [0.717, 1.165) is 5.69 Å². The number of pyridine rings is 1. The minimum absolute atomic E-state index is 0.114. The van der Waals surface area contributed by atoms with Crippen molar-refractivity contribution in [2.24, 2.45) is 0 Å². The van der Waals surface area contributed by atoms with Crippen LogP contribution in [-0.4, -0.2) is 67.7 Å². The Kier molecular flexibility index (Phi) is 12.0. The van der Waals surface area contributed by atoms with E-state index in [-0.39, 0.29) is 12.1 Å². The number of para-hydroxylation sites is 1. The van der Waals surface area contributed by atoms with Gasteiger partial charge in [0.1, 0.15) is 5.69 Å². The molecule has 43 heavy (non-hydrogen) atoms. The van der Waals surface area contributed by atoms with Gasteiger partial charge in [-0.15, -0.1) is 0 Å². The molecule has 0 saturated carbocycles. The number of hydrogen-bond acceptors (Lipinski definition) is 10. The van der Waals surface area contributed by atoms with Crippen LogP contribution >= 0.6 is 23.2 Å². The average Bonchev–Trinajstić information content (AvgIpc) is 3.46. The van der Waals surface area contributed by atoms with Gasteiger partial charge in [-0.05, 0) is 43.3 Å². The molecule has 2 heterocycles. The third-order valence-electron chi connectivity index (χ3n) is 6.09. The molecule has 13 heteroatoms. The summed E-state index contributed by atoms with van der Waals surface area (Å²) >= 11 is 12.5. The largest absolute Gasteiger partial charge is 0.478 e. The molecule has 4 rings (SSSR count). The highest BCUT2D eigenvalue weighted by atomic mass is 35.5. The molecule has 228 valence electrons. The predicted molar refractivity (Wildman–Crippen MR) is 167 cm³/mol. The van der Waals surface area contributed by atoms with Crippen molar-refractivity contribution in [3.63, 3.8) is 0 Å². The Morgan fingerprint density at radius 1 is 0.977 bits per heavy atom. The van der Waals surface area contributed by atoms with Gasteiger partial charge < -0.3 is 39.7 Å². The quantitative estimate of drug-likeness (QED) is 0.0951. The number of nitrogens with one attached hydrogen (secondary N) is 3. The number of carboxylic acids is 1. The first-order chi connectivity index (χ1) is 20.9. The number of nitrogens with zero attached hydrogens (tertiary/aromatic N) is 2. The molecule has 0 atom stereocenters. The molecule has 0 fully saturated rings. The van der Waals surface area contributed by atoms with Crippen LogP contribution in [0.1, 0.15) is 21.9 Å². The molecule has 0 amide bonds. The Balaban J connectivity index is 1.52. The lowest BCUT2D eigenvalue weighted by atomic mass is 10.1. The van der Waals surface area contributed by atoms with Crippen molar-refractivity contribution in [1.29, 1.82) is 0 Å². The summed E-state index contributed by atoms with van der Waals surface area (Å²) in [5, 5.41) is 20.6. The zero-order chi connectivity index (χ0) is 30.6. The molecule has 2 aromatic carbocycles. The maximum Gasteiger partial charge on any atom is 0.337 e. The lowest BCUT2D eigenvalue weighted by Crippen LogP contribution is -2.16. The van der Waals surface area contributed by atoms with Gasteiger partial charge >= 0.3 is 5.97 Å². The second-order valence-electron chi connectivity index (χ2n) is 9.25. The highest BCUT2D eigenvalue weighted by Gasteiger charge is 2.17. The third kappa shape index (κ3) is 9.31. The van der Waals surface area contributed by atoms with Crippen LogP contribution in [0.3, 0.4) is 0 Å². The number of aromatic nitrogens is 2. The zero-order valence-corrected chi connectivity index (χ0v) is 25.3. The number of hydrogen-bond donors (Lipinski definition) is 4. The summed E-state index contributed by atoms with van der Waals surface area (Å²) in [4.78, 5) is 20.9. The number of anilines is 4. The number of aryl methyl sites for hydroxylation is 1. The molecule has 11 nitrogen and oxygen atoms in total. The minimum atomic E-state index is -1.06. The first-order valence-electron chi connectivity index (χ1n) is 13.5. The Morgan fingerprint density at radius 2 is 1.74 bits per heavy atom. The van der Waals surface area contributed by atoms with Gasteiger partial charge in [-0.1, -0.05) is 35.3 Å². The van der Waals surface area contributed by atoms with Crippen molar-refractivity contribution < 1.29 is 28.5 Å². The number of ether oxygens (including phenoxy) is 3. The normalized spacial score (nSPS) is 11.0. The van der Waals surface area contributed by atoms with Crippen molar-refractivity contribution >= 4 is 52.1 Å². The molecule has 0 saturated heterocycles. The smallest absolute Gasteiger partial charge is 0.337 e. The number of carbonyl (C=O) groups is 1. The van der Waals surface area contributed by atoms with Crippen LogP contribution in [0.5, 0.6) is 0 Å². The second-order valence-corrected chi connectivity index (χ2v) is 10.1. The Morgan fingerprint density at radius 3 is 2.53 bits per heavy atom. The first-order valence-corrected chi connectivity index (χ1v) is 14.2. The van der Waals surface area contributed by atoms with Crippen molar-refractivity contribution in [1.82, 2.24) is 9.97 Å². The summed E-state index contributed by atoms with van der Waals surface area (Å²) < 4.78 is 22.0. The molecular formula is C30H33Cl2N5O6. The van der Waals surface area contributed by atoms with E-state index in [9.17, 15) is 9.90 Å². The van der Waals surface area contributed by atoms with E-state index in [1.165, 1.54) is 6.07 Å². The summed E-state index contributed by atoms with van der Waals surface area (Å²) in [5.74, 6) is 0.236. The fraction of sp³-hybridized carbons (Fsp3) is 0.300. The van der Waals surface area contributed by atoms with E-state index >= 15 is 0 Å². The molecule has 4 N–H and O–H groups in total. The number of rotatable bonds is 17. The summed E-state index contributed by atoms with van der Waals surface area (Å²) in [5.41, 5.74) is 3.17. The Hall–Kier alpha value is -3.87. The van der Waals surface area contributed by atoms with Gasteiger partial charge in [-0.2, -0.15) is 0 Å². The fourth-order valence-corrected chi connectivity index (χ4v) is 4.46. The lowest BCUT2D eigenvalue weighted by Gasteiger charge is -2.19. The number of halogens is 2. The second kappa shape index (κ2) is 16.1. The lowest BCUT2D eigenvalue weighted by molar-refractivity contribution is 0.0272. The van der Waals surface area contributed by atoms with Crippen LogP contribution in [-0.2, 0) is 20.8 Å². The third-order valence-corrected chi connectivity index (χ3v) is 6.65. The summed E-state index contributed by atoms with van der Waals surface area (Å²) in [6, 6.07) is 13.6. The van der Waals surface area contributed by atoms with Crippen LogP contribution < -0.4 is 16.0 Å². The molecule has 0 aliphatic heterocycles. The Labute approximate surface area is 259 Å². The van der Waals surface area contributed by atoms with Crippen LogP contribution in [0.2, 0.25) is 10.0 Å². The highest BCUT2D eigenvalue weighted by molar-refractivity contribution is 6.35. The molecule has 0 aliphatic rings. The van der Waals surface area contributed by atoms with Gasteiger partial charge in [0.15, 0.2) is 11.6 Å². The molecule has 0 aliphatic carbocycles. The van der Waals surface area contributed by atoms with E-state index < -0.39 is 5.97 Å². The van der Waals surface area contributed by atoms with Crippen LogP contribution in [0.15, 0.2) is 59.1 Å². The standard InChI is InChI=1S/C30H33Cl2N5O6/c1-19-15-25(33-9-10-41-13-14-42-12-11-40-2)28(29(36-19)37-24-6-4-3-5-21(24)30(38)39)35-18-27-34-17-26(43-27)22-16-20(31)7-8-23(22)32/h3-8,15-17,35H,9-14,18H2,1-2H3,(H,38,39)(H2,33,36,37). The maximum atomic E-state index is 11.9. The molecular weight excluding hydrogens is 597 g/mol. The molecule has 4 aromatic rings. The van der Waals surface area contributed by atoms with Gasteiger partial charge in [0.25, 0.3) is 0 Å². The van der Waals surface area contributed by atoms with Crippen molar-refractivity contribution in [3.8, 4) is 11.3 Å². The zero-order valence-electron chi connectivity index (χ0n) is 23.8. The Bertz CT molecular complexity index is 1520. The number of oxazole rings is 1. The van der Waals surface area contributed by atoms with Gasteiger partial charge in [0.05, 0.1) is 67.7 Å². The van der Waals surface area contributed by atoms with Crippen molar-refractivity contribution in [2.45, 2.75) is 13.5 Å². The minimum Gasteiger partial charge on any atom is -0.478 e. The van der Waals surface area contributed by atoms with Gasteiger partial charge in [-0.3, -0.25) is 0 Å². The monoisotopic (exact) mass is 629 g/mol. The van der Waals surface area contributed by atoms with E-state index in [0.29, 0.717) is 89.7 Å². The summed E-state index contributed by atoms with van der Waals surface area (Å²) in [6.07, 6.45) is 1.58. The number of benzene rings is 2. The maximum absolute atomic E-state index is 11.9. The molecule has 0 spiro atoms. The van der Waals surface area contributed by atoms with E-state index in [1.807, 2.05) is 13.0 Å². The number of carboxylic acid groups (broad SMARTS) is 1. The highest BCUT2D eigenvalue weighted by Crippen LogP contribution is 2.35. The fourth-order valence-electron chi connectivity index (χ4n) is 4.08. The van der Waals surface area contributed by atoms with Crippen LogP contribution in [0.25, 0.3) is 11.3 Å². The molecule has 2 aromatic heterocycles. The van der Waals surface area contributed by atoms with E-state index in [4.69, 9.17) is 41.8 Å².